The number of nitrogens with one attached hydrogen (secondary N) is 1. The van der Waals surface area contributed by atoms with E-state index in [0.29, 0.717) is 31.7 Å². The maximum atomic E-state index is 12.2. The number of para-hydroxylation sites is 1. The first-order valence-electron chi connectivity index (χ1n) is 8.51. The summed E-state index contributed by atoms with van der Waals surface area (Å²) >= 11 is 21.1. The number of hydrogen-bond donors (Lipinski definition) is 1. The van der Waals surface area contributed by atoms with E-state index in [1.807, 2.05) is 35.9 Å². The molecule has 0 aliphatic rings. The molecule has 3 aromatic rings. The van der Waals surface area contributed by atoms with E-state index in [0.717, 1.165) is 17.1 Å². The molecule has 152 valence electrons. The van der Waals surface area contributed by atoms with Crippen LogP contribution in [0.25, 0.3) is 0 Å². The Labute approximate surface area is 192 Å². The van der Waals surface area contributed by atoms with Crippen LogP contribution in [0.15, 0.2) is 47.6 Å². The van der Waals surface area contributed by atoms with E-state index in [4.69, 9.17) is 34.8 Å². The van der Waals surface area contributed by atoms with E-state index < -0.39 is 0 Å². The molecule has 0 saturated heterocycles. The number of thioether (sulfide) groups is 2. The highest BCUT2D eigenvalue weighted by atomic mass is 35.5. The highest BCUT2D eigenvalue weighted by Crippen LogP contribution is 2.26. The molecule has 0 saturated carbocycles. The predicted molar refractivity (Wildman–Crippen MR) is 123 cm³/mol. The van der Waals surface area contributed by atoms with Crippen molar-refractivity contribution in [3.05, 3.63) is 68.9 Å². The zero-order valence-corrected chi connectivity index (χ0v) is 19.3. The van der Waals surface area contributed by atoms with E-state index in [9.17, 15) is 4.79 Å². The Hall–Kier alpha value is -1.38. The lowest BCUT2D eigenvalue weighted by Crippen LogP contribution is -2.14. The van der Waals surface area contributed by atoms with Gasteiger partial charge in [0.25, 0.3) is 0 Å². The Kier molecular flexibility index (Phi) is 8.15. The van der Waals surface area contributed by atoms with Crippen LogP contribution in [-0.2, 0) is 23.3 Å². The summed E-state index contributed by atoms with van der Waals surface area (Å²) in [5.41, 5.74) is 1.69. The predicted octanol–water partition coefficient (Wildman–Crippen LogP) is 5.94. The minimum absolute atomic E-state index is 0.151. The Morgan fingerprint density at radius 3 is 2.59 bits per heavy atom. The van der Waals surface area contributed by atoms with Gasteiger partial charge < -0.3 is 9.88 Å². The van der Waals surface area contributed by atoms with E-state index in [1.165, 1.54) is 11.8 Å². The molecule has 29 heavy (non-hydrogen) atoms. The van der Waals surface area contributed by atoms with Crippen molar-refractivity contribution in [2.45, 2.75) is 16.7 Å². The van der Waals surface area contributed by atoms with Crippen molar-refractivity contribution < 1.29 is 4.79 Å². The first-order valence-corrected chi connectivity index (χ1v) is 11.8. The molecule has 2 aromatic carbocycles. The quantitative estimate of drug-likeness (QED) is 0.398. The van der Waals surface area contributed by atoms with Crippen molar-refractivity contribution in [1.29, 1.82) is 0 Å². The monoisotopic (exact) mass is 486 g/mol. The SMILES string of the molecule is Cn1c(CSCc2ccc(Cl)c(Cl)c2)nnc1SCC(=O)Nc1ccccc1Cl. The van der Waals surface area contributed by atoms with Gasteiger partial charge in [0, 0.05) is 12.8 Å². The lowest BCUT2D eigenvalue weighted by molar-refractivity contribution is -0.113. The second kappa shape index (κ2) is 10.6. The number of aromatic nitrogens is 3. The smallest absolute Gasteiger partial charge is 0.234 e. The molecule has 0 aliphatic carbocycles. The zero-order valence-electron chi connectivity index (χ0n) is 15.4. The third kappa shape index (κ3) is 6.30. The molecule has 0 aliphatic heterocycles. The largest absolute Gasteiger partial charge is 0.324 e. The summed E-state index contributed by atoms with van der Waals surface area (Å²) < 4.78 is 1.90. The lowest BCUT2D eigenvalue weighted by atomic mass is 10.2. The van der Waals surface area contributed by atoms with Gasteiger partial charge in [-0.15, -0.1) is 22.0 Å². The van der Waals surface area contributed by atoms with Gasteiger partial charge in [-0.25, -0.2) is 0 Å². The van der Waals surface area contributed by atoms with E-state index in [2.05, 4.69) is 15.5 Å². The molecule has 1 aromatic heterocycles. The van der Waals surface area contributed by atoms with Crippen molar-refractivity contribution in [2.75, 3.05) is 11.1 Å². The van der Waals surface area contributed by atoms with Crippen LogP contribution in [-0.4, -0.2) is 26.4 Å². The Morgan fingerprint density at radius 2 is 1.83 bits per heavy atom. The van der Waals surface area contributed by atoms with E-state index in [-0.39, 0.29) is 11.7 Å². The van der Waals surface area contributed by atoms with Crippen molar-refractivity contribution in [2.24, 2.45) is 7.05 Å². The molecule has 0 unspecified atom stereocenters. The van der Waals surface area contributed by atoms with Crippen LogP contribution in [0.4, 0.5) is 5.69 Å². The molecule has 5 nitrogen and oxygen atoms in total. The van der Waals surface area contributed by atoms with Crippen molar-refractivity contribution >= 4 is 69.9 Å². The average molecular weight is 488 g/mol. The van der Waals surface area contributed by atoms with Gasteiger partial charge in [-0.1, -0.05) is 64.8 Å². The van der Waals surface area contributed by atoms with Crippen LogP contribution in [0.2, 0.25) is 15.1 Å². The third-order valence-electron chi connectivity index (χ3n) is 3.89. The summed E-state index contributed by atoms with van der Waals surface area (Å²) in [5.74, 6) is 2.38. The Morgan fingerprint density at radius 1 is 1.03 bits per heavy atom. The van der Waals surface area contributed by atoms with Gasteiger partial charge in [0.15, 0.2) is 5.16 Å². The summed E-state index contributed by atoms with van der Waals surface area (Å²) in [6.07, 6.45) is 0. The van der Waals surface area contributed by atoms with Crippen LogP contribution in [0.5, 0.6) is 0 Å². The molecule has 0 spiro atoms. The second-order valence-corrected chi connectivity index (χ2v) is 9.17. The van der Waals surface area contributed by atoms with Crippen LogP contribution in [0.1, 0.15) is 11.4 Å². The number of nitrogens with zero attached hydrogens (tertiary/aromatic N) is 3. The molecule has 0 atom stereocenters. The van der Waals surface area contributed by atoms with Crippen LogP contribution < -0.4 is 5.32 Å². The topological polar surface area (TPSA) is 59.8 Å². The maximum Gasteiger partial charge on any atom is 0.234 e. The molecular weight excluding hydrogens is 471 g/mol. The first-order chi connectivity index (χ1) is 13.9. The zero-order chi connectivity index (χ0) is 20.8. The van der Waals surface area contributed by atoms with Crippen molar-refractivity contribution in [1.82, 2.24) is 14.8 Å². The molecule has 1 amide bonds. The standard InChI is InChI=1S/C19H17Cl3N4OS2/c1-26-17(10-28-9-12-6-7-13(20)15(22)8-12)24-25-19(26)29-11-18(27)23-16-5-3-2-4-14(16)21/h2-8H,9-11H2,1H3,(H,23,27). The number of benzene rings is 2. The van der Waals surface area contributed by atoms with Crippen LogP contribution >= 0.6 is 58.3 Å². The molecular formula is C19H17Cl3N4OS2. The normalized spacial score (nSPS) is 10.9. The Bertz CT molecular complexity index is 1010. The summed E-state index contributed by atoms with van der Waals surface area (Å²) in [5, 5.41) is 13.5. The number of halogens is 3. The molecule has 1 heterocycles. The van der Waals surface area contributed by atoms with E-state index >= 15 is 0 Å². The van der Waals surface area contributed by atoms with Crippen molar-refractivity contribution in [3.63, 3.8) is 0 Å². The number of hydrogen-bond acceptors (Lipinski definition) is 5. The molecule has 1 N–H and O–H groups in total. The van der Waals surface area contributed by atoms with Crippen LogP contribution in [0, 0.1) is 0 Å². The third-order valence-corrected chi connectivity index (χ3v) is 6.98. The van der Waals surface area contributed by atoms with Gasteiger partial charge in [0.1, 0.15) is 5.82 Å². The summed E-state index contributed by atoms with van der Waals surface area (Å²) in [4.78, 5) is 12.2. The van der Waals surface area contributed by atoms with Gasteiger partial charge in [-0.2, -0.15) is 0 Å². The van der Waals surface area contributed by atoms with Crippen LogP contribution in [0.3, 0.4) is 0 Å². The number of amides is 1. The Balaban J connectivity index is 1.49. The summed E-state index contributed by atoms with van der Waals surface area (Å²) in [7, 11) is 1.89. The van der Waals surface area contributed by atoms with Gasteiger partial charge >= 0.3 is 0 Å². The second-order valence-electron chi connectivity index (χ2n) is 6.02. The minimum atomic E-state index is -0.151. The summed E-state index contributed by atoms with van der Waals surface area (Å²) in [6, 6.07) is 12.7. The van der Waals surface area contributed by atoms with Crippen molar-refractivity contribution in [3.8, 4) is 0 Å². The highest BCUT2D eigenvalue weighted by Gasteiger charge is 2.12. The molecule has 3 rings (SSSR count). The maximum absolute atomic E-state index is 12.2. The first kappa shape index (κ1) is 22.3. The molecule has 10 heteroatoms. The fourth-order valence-electron chi connectivity index (χ4n) is 2.36. The number of carbonyl (C=O) groups is 1. The van der Waals surface area contributed by atoms with Gasteiger partial charge in [-0.3, -0.25) is 4.79 Å². The summed E-state index contributed by atoms with van der Waals surface area (Å²) in [6.45, 7) is 0. The average Bonchev–Trinajstić information content (AvgIpc) is 3.05. The number of carbonyl (C=O) groups excluding carboxylic acids is 1. The molecule has 0 radical (unpaired) electrons. The number of anilines is 1. The highest BCUT2D eigenvalue weighted by molar-refractivity contribution is 7.99. The molecule has 0 bridgehead atoms. The fourth-order valence-corrected chi connectivity index (χ4v) is 4.55. The van der Waals surface area contributed by atoms with Gasteiger partial charge in [0.2, 0.25) is 5.91 Å². The number of rotatable bonds is 8. The minimum Gasteiger partial charge on any atom is -0.324 e. The fraction of sp³-hybridized carbons (Fsp3) is 0.211. The molecule has 0 fully saturated rings. The van der Waals surface area contributed by atoms with E-state index in [1.54, 1.807) is 30.0 Å². The lowest BCUT2D eigenvalue weighted by Gasteiger charge is -2.07. The van der Waals surface area contributed by atoms with Gasteiger partial charge in [-0.05, 0) is 29.8 Å². The van der Waals surface area contributed by atoms with Gasteiger partial charge in [0.05, 0.1) is 32.3 Å².